The number of methoxy groups -OCH3 is 2. The smallest absolute Gasteiger partial charge is 0.308 e. The van der Waals surface area contributed by atoms with Gasteiger partial charge in [-0.3, -0.25) is 24.1 Å². The van der Waals surface area contributed by atoms with Crippen LogP contribution in [-0.4, -0.2) is 102 Å². The predicted octanol–water partition coefficient (Wildman–Crippen LogP) is 5.39. The van der Waals surface area contributed by atoms with E-state index in [9.17, 15) is 24.3 Å². The van der Waals surface area contributed by atoms with Crippen molar-refractivity contribution in [1.29, 1.82) is 0 Å². The first kappa shape index (κ1) is 43.9. The Kier molecular flexibility index (Phi) is 17.7. The topological polar surface area (TPSA) is 150 Å². The molecule has 2 heterocycles. The molecule has 1 saturated heterocycles. The van der Waals surface area contributed by atoms with Crippen LogP contribution in [0.1, 0.15) is 114 Å². The molecule has 0 aliphatic carbocycles. The molecule has 3 rings (SSSR count). The highest BCUT2D eigenvalue weighted by Gasteiger charge is 2.37. The van der Waals surface area contributed by atoms with E-state index in [-0.39, 0.29) is 53.8 Å². The third kappa shape index (κ3) is 12.5. The third-order valence-electron chi connectivity index (χ3n) is 10.5. The van der Waals surface area contributed by atoms with Crippen LogP contribution >= 0.6 is 11.3 Å². The lowest BCUT2D eigenvalue weighted by Crippen LogP contribution is -2.58. The van der Waals surface area contributed by atoms with Gasteiger partial charge < -0.3 is 30.1 Å². The number of carbonyl (C=O) groups excluding carboxylic acids is 4. The Balaban J connectivity index is 1.78. The lowest BCUT2D eigenvalue weighted by atomic mass is 9.92. The van der Waals surface area contributed by atoms with Crippen LogP contribution in [0, 0.1) is 17.8 Å². The minimum atomic E-state index is -1.02. The molecule has 3 N–H and O–H groups in total. The van der Waals surface area contributed by atoms with E-state index < -0.39 is 30.0 Å². The minimum Gasteiger partial charge on any atom is -0.497 e. The first-order valence-corrected chi connectivity index (χ1v) is 20.1. The molecule has 0 bridgehead atoms. The van der Waals surface area contributed by atoms with Crippen molar-refractivity contribution in [3.63, 3.8) is 0 Å². The lowest BCUT2D eigenvalue weighted by molar-refractivity contribution is -0.145. The minimum absolute atomic E-state index is 0.00356. The first-order chi connectivity index (χ1) is 25.2. The Hall–Kier alpha value is -3.55. The summed E-state index contributed by atoms with van der Waals surface area (Å²) >= 11 is 1.19. The van der Waals surface area contributed by atoms with Crippen LogP contribution in [0.4, 0.5) is 0 Å². The molecule has 1 aromatic heterocycles. The highest BCUT2D eigenvalue weighted by atomic mass is 32.1. The second kappa shape index (κ2) is 21.4. The molecule has 1 aliphatic rings. The van der Waals surface area contributed by atoms with Crippen molar-refractivity contribution in [2.45, 2.75) is 123 Å². The number of nitrogens with zero attached hydrogens (tertiary/aromatic N) is 3. The molecule has 2 aromatic rings. The van der Waals surface area contributed by atoms with Crippen molar-refractivity contribution in [3.8, 4) is 5.75 Å². The number of piperidine rings is 1. The molecule has 0 saturated carbocycles. The van der Waals surface area contributed by atoms with Gasteiger partial charge in [0.1, 0.15) is 28.6 Å². The fourth-order valence-corrected chi connectivity index (χ4v) is 7.85. The number of ether oxygens (including phenoxy) is 2. The van der Waals surface area contributed by atoms with E-state index >= 15 is 0 Å². The van der Waals surface area contributed by atoms with Crippen LogP contribution in [0.25, 0.3) is 0 Å². The zero-order chi connectivity index (χ0) is 39.2. The molecule has 1 fully saturated rings. The number of nitrogens with one attached hydrogen (secondary N) is 2. The van der Waals surface area contributed by atoms with Crippen LogP contribution in [0.15, 0.2) is 29.6 Å². The van der Waals surface area contributed by atoms with Gasteiger partial charge in [-0.2, -0.15) is 0 Å². The summed E-state index contributed by atoms with van der Waals surface area (Å²) in [6, 6.07) is 5.87. The summed E-state index contributed by atoms with van der Waals surface area (Å²) in [6.07, 6.45) is 4.28. The molecule has 13 heteroatoms. The molecular weight excluding hydrogens is 695 g/mol. The van der Waals surface area contributed by atoms with E-state index in [2.05, 4.69) is 20.5 Å². The molecule has 296 valence electrons. The second-order valence-corrected chi connectivity index (χ2v) is 15.8. The van der Waals surface area contributed by atoms with Crippen molar-refractivity contribution < 1.29 is 33.8 Å². The zero-order valence-electron chi connectivity index (χ0n) is 33.2. The van der Waals surface area contributed by atoms with Gasteiger partial charge in [0, 0.05) is 30.4 Å². The summed E-state index contributed by atoms with van der Waals surface area (Å²) in [6.45, 7) is 13.2. The van der Waals surface area contributed by atoms with Gasteiger partial charge in [0.25, 0.3) is 5.91 Å². The number of thiazole rings is 1. The normalized spacial score (nSPS) is 18.3. The van der Waals surface area contributed by atoms with Crippen LogP contribution in [0.5, 0.6) is 5.75 Å². The maximum Gasteiger partial charge on any atom is 0.308 e. The number of benzene rings is 1. The van der Waals surface area contributed by atoms with Gasteiger partial charge in [0.05, 0.1) is 26.2 Å². The number of likely N-dealkylation sites (tertiary alicyclic amines) is 1. The Labute approximate surface area is 320 Å². The van der Waals surface area contributed by atoms with Crippen LogP contribution in [-0.2, 0) is 25.5 Å². The molecule has 53 heavy (non-hydrogen) atoms. The highest BCUT2D eigenvalue weighted by molar-refractivity contribution is 7.09. The summed E-state index contributed by atoms with van der Waals surface area (Å²) in [5.74, 6) is -0.822. The molecule has 3 amide bonds. The van der Waals surface area contributed by atoms with E-state index in [1.165, 1.54) is 18.4 Å². The summed E-state index contributed by atoms with van der Waals surface area (Å²) in [7, 11) is 4.91. The molecule has 7 atom stereocenters. The predicted molar refractivity (Wildman–Crippen MR) is 208 cm³/mol. The van der Waals surface area contributed by atoms with Crippen molar-refractivity contribution in [3.05, 3.63) is 45.9 Å². The number of rotatable bonds is 20. The maximum absolute atomic E-state index is 14.4. The number of esters is 1. The fraction of sp³-hybridized carbons (Fsp3) is 0.675. The molecule has 2 unspecified atom stereocenters. The molecular formula is C40H63N5O7S. The molecule has 1 aromatic carbocycles. The average molecular weight is 758 g/mol. The summed E-state index contributed by atoms with van der Waals surface area (Å²) in [5, 5.41) is 19.7. The summed E-state index contributed by atoms with van der Waals surface area (Å²) in [5.41, 5.74) is 1.13. The number of likely N-dealkylation sites (N-methyl/N-ethyl adjacent to an activating group) is 1. The van der Waals surface area contributed by atoms with Crippen molar-refractivity contribution in [2.75, 3.05) is 34.4 Å². The summed E-state index contributed by atoms with van der Waals surface area (Å²) < 4.78 is 10.2. The lowest BCUT2D eigenvalue weighted by Gasteiger charge is -2.39. The molecule has 12 nitrogen and oxygen atoms in total. The maximum atomic E-state index is 14.4. The van der Waals surface area contributed by atoms with Gasteiger partial charge in [-0.1, -0.05) is 66.5 Å². The number of carbonyl (C=O) groups is 4. The van der Waals surface area contributed by atoms with Gasteiger partial charge in [0.2, 0.25) is 11.8 Å². The van der Waals surface area contributed by atoms with Crippen LogP contribution < -0.4 is 15.4 Å². The molecule has 1 aliphatic heterocycles. The molecule has 0 radical (unpaired) electrons. The van der Waals surface area contributed by atoms with Crippen LogP contribution in [0.2, 0.25) is 0 Å². The fourth-order valence-electron chi connectivity index (χ4n) is 7.05. The number of aromatic nitrogens is 1. The van der Waals surface area contributed by atoms with E-state index in [0.717, 1.165) is 43.5 Å². The largest absolute Gasteiger partial charge is 0.497 e. The average Bonchev–Trinajstić information content (AvgIpc) is 3.65. The van der Waals surface area contributed by atoms with Gasteiger partial charge in [-0.15, -0.1) is 11.3 Å². The number of aliphatic hydroxyl groups is 1. The Morgan fingerprint density at radius 2 is 1.74 bits per heavy atom. The van der Waals surface area contributed by atoms with Gasteiger partial charge in [-0.25, -0.2) is 4.98 Å². The standard InChI is InChI=1S/C40H63N5O7S/c1-10-19-45(39(49)35(26(5)11-2)43-37(48)32-14-12-13-20-44(32)7)33(25(3)4)23-34(46)38-42-31(24-53-38)36(47)41-29(21-27(6)40(50)52-9)22-28-15-17-30(51-8)18-16-28/h15-18,24-27,29,32-35,46H,10-14,19-23H2,1-9H3,(H,41,47)(H,43,48)/t26?,27-,29+,32+,33?,34+,35-/m0/s1. The van der Waals surface area contributed by atoms with Crippen molar-refractivity contribution in [1.82, 2.24) is 25.4 Å². The van der Waals surface area contributed by atoms with Gasteiger partial charge in [-0.05, 0) is 75.2 Å². The highest BCUT2D eigenvalue weighted by Crippen LogP contribution is 2.29. The van der Waals surface area contributed by atoms with Crippen molar-refractivity contribution >= 4 is 35.0 Å². The Morgan fingerprint density at radius 1 is 1.04 bits per heavy atom. The number of aliphatic hydroxyl groups excluding tert-OH is 1. The van der Waals surface area contributed by atoms with Crippen LogP contribution in [0.3, 0.4) is 0 Å². The van der Waals surface area contributed by atoms with E-state index in [1.807, 2.05) is 70.8 Å². The third-order valence-corrected chi connectivity index (χ3v) is 11.4. The van der Waals surface area contributed by atoms with Crippen molar-refractivity contribution in [2.24, 2.45) is 17.8 Å². The number of hydrogen-bond donors (Lipinski definition) is 3. The Bertz CT molecular complexity index is 1470. The Morgan fingerprint density at radius 3 is 2.32 bits per heavy atom. The zero-order valence-corrected chi connectivity index (χ0v) is 34.0. The van der Waals surface area contributed by atoms with E-state index in [0.29, 0.717) is 30.8 Å². The number of hydrogen-bond acceptors (Lipinski definition) is 10. The molecule has 0 spiro atoms. The van der Waals surface area contributed by atoms with Gasteiger partial charge in [0.15, 0.2) is 0 Å². The van der Waals surface area contributed by atoms with E-state index in [1.54, 1.807) is 19.4 Å². The quantitative estimate of drug-likeness (QED) is 0.151. The second-order valence-electron chi connectivity index (χ2n) is 14.9. The van der Waals surface area contributed by atoms with Gasteiger partial charge >= 0.3 is 5.97 Å². The monoisotopic (exact) mass is 757 g/mol. The SMILES string of the molecule is CCCN(C(=O)[C@@H](NC(=O)[C@H]1CCCCN1C)C(C)CC)C(C[C@@H](O)c1nc(C(=O)N[C@@H](Cc2ccc(OC)cc2)C[C@H](C)C(=O)OC)cs1)C(C)C. The first-order valence-electron chi connectivity index (χ1n) is 19.2. The summed E-state index contributed by atoms with van der Waals surface area (Å²) in [4.78, 5) is 62.1. The number of amides is 3. The van der Waals surface area contributed by atoms with E-state index in [4.69, 9.17) is 9.47 Å².